The van der Waals surface area contributed by atoms with Crippen molar-refractivity contribution in [3.8, 4) is 5.75 Å². The Morgan fingerprint density at radius 1 is 1.17 bits per heavy atom. The predicted molar refractivity (Wildman–Crippen MR) is 90.5 cm³/mol. The number of urea groups is 1. The van der Waals surface area contributed by atoms with E-state index in [0.29, 0.717) is 6.54 Å². The van der Waals surface area contributed by atoms with E-state index in [1.165, 1.54) is 0 Å². The fourth-order valence-electron chi connectivity index (χ4n) is 2.71. The first-order chi connectivity index (χ1) is 11.5. The second-order valence-corrected chi connectivity index (χ2v) is 5.57. The van der Waals surface area contributed by atoms with Gasteiger partial charge in [0.1, 0.15) is 12.3 Å². The number of nitrogens with one attached hydrogen (secondary N) is 2. The molecule has 1 unspecified atom stereocenters. The minimum Gasteiger partial charge on any atom is -0.497 e. The fourth-order valence-corrected chi connectivity index (χ4v) is 2.71. The van der Waals surface area contributed by atoms with Gasteiger partial charge in [-0.1, -0.05) is 42.5 Å². The Labute approximate surface area is 141 Å². The highest BCUT2D eigenvalue weighted by Crippen LogP contribution is 2.13. The molecule has 0 fully saturated rings. The Bertz CT molecular complexity index is 704. The molecule has 24 heavy (non-hydrogen) atoms. The van der Waals surface area contributed by atoms with E-state index in [1.54, 1.807) is 7.11 Å². The van der Waals surface area contributed by atoms with Crippen LogP contribution in [0.15, 0.2) is 54.6 Å². The zero-order valence-corrected chi connectivity index (χ0v) is 13.8. The molecule has 0 radical (unpaired) electrons. The molecule has 0 spiro atoms. The monoisotopic (exact) mass is 328 g/mol. The largest absolute Gasteiger partial charge is 0.497 e. The lowest BCUT2D eigenvalue weighted by Crippen LogP contribution is -3.09. The molecule has 6 heteroatoms. The Balaban J connectivity index is 2.25. The molecule has 0 saturated carbocycles. The number of ether oxygens (including phenoxy) is 1. The van der Waals surface area contributed by atoms with Crippen molar-refractivity contribution in [2.45, 2.75) is 12.6 Å². The van der Waals surface area contributed by atoms with Gasteiger partial charge in [-0.25, -0.2) is 4.79 Å². The number of nitrogens with two attached hydrogens (primary N) is 1. The van der Waals surface area contributed by atoms with Crippen LogP contribution in [0.2, 0.25) is 0 Å². The third kappa shape index (κ3) is 4.57. The molecule has 2 aromatic carbocycles. The number of hydrogen-bond acceptors (Lipinski definition) is 3. The van der Waals surface area contributed by atoms with E-state index in [9.17, 15) is 9.59 Å². The maximum absolute atomic E-state index is 12.5. The van der Waals surface area contributed by atoms with Crippen LogP contribution in [-0.2, 0) is 11.3 Å². The SMILES string of the molecule is COc1cccc(C[NH+](C)[C@@H](C(=O)NC(N)=O)c2ccccc2)c1. The number of likely N-dealkylation sites (N-methyl/N-ethyl adjacent to an activating group) is 1. The topological polar surface area (TPSA) is 85.9 Å². The quantitative estimate of drug-likeness (QED) is 0.728. The summed E-state index contributed by atoms with van der Waals surface area (Å²) >= 11 is 0. The number of primary amides is 1. The molecule has 0 heterocycles. The van der Waals surface area contributed by atoms with Gasteiger partial charge in [-0.2, -0.15) is 0 Å². The molecule has 2 atom stereocenters. The van der Waals surface area contributed by atoms with Crippen LogP contribution in [0.1, 0.15) is 17.2 Å². The van der Waals surface area contributed by atoms with Crippen LogP contribution in [0.4, 0.5) is 4.79 Å². The lowest BCUT2D eigenvalue weighted by Gasteiger charge is -2.24. The van der Waals surface area contributed by atoms with Crippen molar-refractivity contribution in [2.24, 2.45) is 5.73 Å². The highest BCUT2D eigenvalue weighted by molar-refractivity contribution is 5.96. The number of carbonyl (C=O) groups excluding carboxylic acids is 2. The lowest BCUT2D eigenvalue weighted by molar-refractivity contribution is -0.916. The van der Waals surface area contributed by atoms with Crippen molar-refractivity contribution >= 4 is 11.9 Å². The molecular formula is C18H22N3O3+. The number of rotatable bonds is 6. The molecule has 2 aromatic rings. The number of imide groups is 1. The van der Waals surface area contributed by atoms with Gasteiger partial charge in [-0.3, -0.25) is 10.1 Å². The highest BCUT2D eigenvalue weighted by atomic mass is 16.5. The van der Waals surface area contributed by atoms with Gasteiger partial charge in [0, 0.05) is 11.1 Å². The molecule has 0 aliphatic rings. The zero-order chi connectivity index (χ0) is 17.5. The molecule has 0 saturated heterocycles. The maximum Gasteiger partial charge on any atom is 0.319 e. The summed E-state index contributed by atoms with van der Waals surface area (Å²) in [5.41, 5.74) is 6.95. The summed E-state index contributed by atoms with van der Waals surface area (Å²) in [6.07, 6.45) is 0. The lowest BCUT2D eigenvalue weighted by atomic mass is 10.0. The molecule has 0 bridgehead atoms. The van der Waals surface area contributed by atoms with Crippen molar-refractivity contribution in [1.82, 2.24) is 5.32 Å². The van der Waals surface area contributed by atoms with E-state index in [0.717, 1.165) is 21.8 Å². The van der Waals surface area contributed by atoms with Crippen LogP contribution in [0, 0.1) is 0 Å². The Morgan fingerprint density at radius 2 is 1.88 bits per heavy atom. The molecule has 2 rings (SSSR count). The predicted octanol–water partition coefficient (Wildman–Crippen LogP) is 0.646. The summed E-state index contributed by atoms with van der Waals surface area (Å²) in [6.45, 7) is 0.586. The Hall–Kier alpha value is -2.86. The van der Waals surface area contributed by atoms with E-state index < -0.39 is 18.0 Å². The molecule has 0 aliphatic carbocycles. The normalized spacial score (nSPS) is 12.9. The van der Waals surface area contributed by atoms with Crippen LogP contribution < -0.4 is 20.7 Å². The molecule has 0 aliphatic heterocycles. The molecule has 3 amide bonds. The third-order valence-corrected chi connectivity index (χ3v) is 3.75. The molecule has 6 nitrogen and oxygen atoms in total. The van der Waals surface area contributed by atoms with E-state index in [4.69, 9.17) is 10.5 Å². The van der Waals surface area contributed by atoms with Gasteiger partial charge in [-0.05, 0) is 12.1 Å². The van der Waals surface area contributed by atoms with E-state index in [2.05, 4.69) is 5.32 Å². The number of benzene rings is 2. The first-order valence-corrected chi connectivity index (χ1v) is 7.61. The smallest absolute Gasteiger partial charge is 0.319 e. The molecule has 126 valence electrons. The second kappa shape index (κ2) is 8.12. The summed E-state index contributed by atoms with van der Waals surface area (Å²) in [6, 6.07) is 15.6. The van der Waals surface area contributed by atoms with Crippen LogP contribution in [0.25, 0.3) is 0 Å². The number of amides is 3. The standard InChI is InChI=1S/C18H21N3O3/c1-21(12-13-7-6-10-15(11-13)24-2)16(17(22)20-18(19)23)14-8-4-3-5-9-14/h3-11,16H,12H2,1-2H3,(H3,19,20,22,23)/p+1/t16-/m1/s1. The average Bonchev–Trinajstić information content (AvgIpc) is 2.55. The number of carbonyl (C=O) groups is 2. The van der Waals surface area contributed by atoms with Crippen LogP contribution >= 0.6 is 0 Å². The molecule has 0 aromatic heterocycles. The van der Waals surface area contributed by atoms with Crippen LogP contribution in [0.5, 0.6) is 5.75 Å². The average molecular weight is 328 g/mol. The van der Waals surface area contributed by atoms with Crippen molar-refractivity contribution in [1.29, 1.82) is 0 Å². The van der Waals surface area contributed by atoms with Crippen molar-refractivity contribution in [3.05, 3.63) is 65.7 Å². The van der Waals surface area contributed by atoms with Gasteiger partial charge in [0.15, 0.2) is 6.04 Å². The van der Waals surface area contributed by atoms with Crippen molar-refractivity contribution < 1.29 is 19.2 Å². The van der Waals surface area contributed by atoms with E-state index in [1.807, 2.05) is 61.6 Å². The number of quaternary nitrogens is 1. The first kappa shape index (κ1) is 17.5. The van der Waals surface area contributed by atoms with Crippen molar-refractivity contribution in [3.63, 3.8) is 0 Å². The Morgan fingerprint density at radius 3 is 2.50 bits per heavy atom. The first-order valence-electron chi connectivity index (χ1n) is 7.61. The molecule has 4 N–H and O–H groups in total. The van der Waals surface area contributed by atoms with Crippen molar-refractivity contribution in [2.75, 3.05) is 14.2 Å². The summed E-state index contributed by atoms with van der Waals surface area (Å²) in [7, 11) is 3.51. The van der Waals surface area contributed by atoms with Crippen LogP contribution in [0.3, 0.4) is 0 Å². The van der Waals surface area contributed by atoms with Crippen LogP contribution in [-0.4, -0.2) is 26.1 Å². The van der Waals surface area contributed by atoms with Gasteiger partial charge < -0.3 is 15.4 Å². The minimum absolute atomic E-state index is 0.422. The van der Waals surface area contributed by atoms with Gasteiger partial charge in [0.25, 0.3) is 5.91 Å². The van der Waals surface area contributed by atoms with Gasteiger partial charge >= 0.3 is 6.03 Å². The number of hydrogen-bond donors (Lipinski definition) is 3. The fraction of sp³-hybridized carbons (Fsp3) is 0.222. The molecular weight excluding hydrogens is 306 g/mol. The summed E-state index contributed by atoms with van der Waals surface area (Å²) in [5.74, 6) is 0.340. The van der Waals surface area contributed by atoms with Gasteiger partial charge in [-0.15, -0.1) is 0 Å². The summed E-state index contributed by atoms with van der Waals surface area (Å²) in [5, 5.41) is 2.18. The zero-order valence-electron chi connectivity index (χ0n) is 13.8. The highest BCUT2D eigenvalue weighted by Gasteiger charge is 2.29. The summed E-state index contributed by atoms with van der Waals surface area (Å²) < 4.78 is 5.23. The Kier molecular flexibility index (Phi) is 5.92. The summed E-state index contributed by atoms with van der Waals surface area (Å²) in [4.78, 5) is 24.4. The van der Waals surface area contributed by atoms with E-state index in [-0.39, 0.29) is 0 Å². The maximum atomic E-state index is 12.5. The van der Waals surface area contributed by atoms with Gasteiger partial charge in [0.2, 0.25) is 0 Å². The van der Waals surface area contributed by atoms with E-state index >= 15 is 0 Å². The number of methoxy groups -OCH3 is 1. The third-order valence-electron chi connectivity index (χ3n) is 3.75. The minimum atomic E-state index is -0.852. The second-order valence-electron chi connectivity index (χ2n) is 5.57. The van der Waals surface area contributed by atoms with Gasteiger partial charge in [0.05, 0.1) is 14.2 Å².